The highest BCUT2D eigenvalue weighted by atomic mass is 32.1. The Morgan fingerprint density at radius 1 is 0.778 bits per heavy atom. The van der Waals surface area contributed by atoms with E-state index < -0.39 is 11.6 Å². The lowest BCUT2D eigenvalue weighted by Crippen LogP contribution is -2.14. The summed E-state index contributed by atoms with van der Waals surface area (Å²) in [5, 5.41) is 0. The summed E-state index contributed by atoms with van der Waals surface area (Å²) in [5.74, 6) is -0.978. The molecule has 0 unspecified atom stereocenters. The van der Waals surface area contributed by atoms with Crippen molar-refractivity contribution in [3.63, 3.8) is 0 Å². The first-order valence-electron chi connectivity index (χ1n) is 5.52. The molecule has 0 heterocycles. The van der Waals surface area contributed by atoms with Crippen LogP contribution in [0.3, 0.4) is 0 Å². The fraction of sp³-hybridized carbons (Fsp3) is 0.0667. The molecule has 0 bridgehead atoms. The molecule has 0 radical (unpaired) electrons. The van der Waals surface area contributed by atoms with E-state index in [1.165, 1.54) is 0 Å². The Labute approximate surface area is 111 Å². The maximum absolute atomic E-state index is 12.0. The molecule has 2 aromatic carbocycles. The fourth-order valence-corrected chi connectivity index (χ4v) is 1.73. The van der Waals surface area contributed by atoms with Gasteiger partial charge < -0.3 is 0 Å². The smallest absolute Gasteiger partial charge is 0.233 e. The Balaban J connectivity index is 2.26. The molecule has 0 saturated heterocycles. The van der Waals surface area contributed by atoms with Crippen molar-refractivity contribution in [2.45, 2.75) is 11.8 Å². The van der Waals surface area contributed by atoms with Crippen LogP contribution in [-0.4, -0.2) is 11.6 Å². The third-order valence-corrected chi connectivity index (χ3v) is 2.95. The van der Waals surface area contributed by atoms with Crippen LogP contribution in [0.5, 0.6) is 0 Å². The number of hydrogen-bond acceptors (Lipinski definition) is 3. The minimum Gasteiger partial charge on any atom is -0.285 e. The van der Waals surface area contributed by atoms with E-state index in [-0.39, 0.29) is 0 Å². The number of Topliss-reactive ketones (excluding diaryl/α,β-unsaturated/α-hetero) is 2. The Bertz CT molecular complexity index is 527. The number of carbonyl (C=O) groups is 2. The van der Waals surface area contributed by atoms with E-state index in [1.807, 2.05) is 19.1 Å². The second-order valence-corrected chi connectivity index (χ2v) is 4.59. The third kappa shape index (κ3) is 2.68. The number of benzene rings is 2. The topological polar surface area (TPSA) is 34.1 Å². The molecule has 2 nitrogen and oxygen atoms in total. The summed E-state index contributed by atoms with van der Waals surface area (Å²) in [7, 11) is 0. The van der Waals surface area contributed by atoms with Gasteiger partial charge in [-0.2, -0.15) is 0 Å². The largest absolute Gasteiger partial charge is 0.285 e. The molecular formula is C15H12O2S. The van der Waals surface area contributed by atoms with Gasteiger partial charge >= 0.3 is 0 Å². The van der Waals surface area contributed by atoms with Gasteiger partial charge in [-0.25, -0.2) is 0 Å². The summed E-state index contributed by atoms with van der Waals surface area (Å²) in [5.41, 5.74) is 1.86. The van der Waals surface area contributed by atoms with Crippen molar-refractivity contribution in [2.75, 3.05) is 0 Å². The zero-order valence-corrected chi connectivity index (χ0v) is 10.8. The van der Waals surface area contributed by atoms with E-state index in [0.717, 1.165) is 10.5 Å². The lowest BCUT2D eigenvalue weighted by Gasteiger charge is -2.01. The summed E-state index contributed by atoms with van der Waals surface area (Å²) in [6.45, 7) is 1.93. The normalized spacial score (nSPS) is 10.1. The van der Waals surface area contributed by atoms with Gasteiger partial charge in [0.15, 0.2) is 0 Å². The second-order valence-electron chi connectivity index (χ2n) is 4.07. The van der Waals surface area contributed by atoms with E-state index in [1.54, 1.807) is 36.4 Å². The van der Waals surface area contributed by atoms with Crippen LogP contribution in [0.1, 0.15) is 26.3 Å². The van der Waals surface area contributed by atoms with Crippen molar-refractivity contribution in [3.05, 3.63) is 65.2 Å². The summed E-state index contributed by atoms with van der Waals surface area (Å²) in [6.07, 6.45) is 0. The highest BCUT2D eigenvalue weighted by Gasteiger charge is 2.17. The van der Waals surface area contributed by atoms with Crippen LogP contribution in [0.25, 0.3) is 0 Å². The van der Waals surface area contributed by atoms with Gasteiger partial charge in [-0.3, -0.25) is 9.59 Å². The zero-order chi connectivity index (χ0) is 13.1. The van der Waals surface area contributed by atoms with Crippen molar-refractivity contribution in [2.24, 2.45) is 0 Å². The molecule has 0 aromatic heterocycles. The molecule has 0 aliphatic rings. The maximum Gasteiger partial charge on any atom is 0.233 e. The molecule has 18 heavy (non-hydrogen) atoms. The maximum atomic E-state index is 12.0. The molecule has 0 amide bonds. The van der Waals surface area contributed by atoms with Crippen molar-refractivity contribution < 1.29 is 9.59 Å². The predicted octanol–water partition coefficient (Wildman–Crippen LogP) is 3.35. The van der Waals surface area contributed by atoms with Gasteiger partial charge in [-0.15, -0.1) is 12.6 Å². The number of carbonyl (C=O) groups excluding carboxylic acids is 2. The molecular weight excluding hydrogens is 244 g/mol. The molecule has 0 atom stereocenters. The van der Waals surface area contributed by atoms with Crippen molar-refractivity contribution in [3.8, 4) is 0 Å². The lowest BCUT2D eigenvalue weighted by atomic mass is 10.0. The van der Waals surface area contributed by atoms with Gasteiger partial charge in [0.2, 0.25) is 11.6 Å². The molecule has 0 aliphatic carbocycles. The predicted molar refractivity (Wildman–Crippen MR) is 73.5 cm³/mol. The summed E-state index contributed by atoms with van der Waals surface area (Å²) in [6, 6.07) is 13.6. The Hall–Kier alpha value is -1.87. The zero-order valence-electron chi connectivity index (χ0n) is 9.88. The average Bonchev–Trinajstić information content (AvgIpc) is 2.39. The average molecular weight is 256 g/mol. The van der Waals surface area contributed by atoms with Gasteiger partial charge in [0.25, 0.3) is 0 Å². The standard InChI is InChI=1S/C15H12O2S/c1-10-2-4-11(5-3-10)14(16)15(17)12-6-8-13(18)9-7-12/h2-9,18H,1H3. The molecule has 2 aromatic rings. The first-order valence-corrected chi connectivity index (χ1v) is 5.97. The monoisotopic (exact) mass is 256 g/mol. The first kappa shape index (κ1) is 12.6. The molecule has 0 fully saturated rings. The van der Waals surface area contributed by atoms with E-state index in [0.29, 0.717) is 11.1 Å². The van der Waals surface area contributed by atoms with Crippen LogP contribution in [0.4, 0.5) is 0 Å². The number of ketones is 2. The van der Waals surface area contributed by atoms with Crippen molar-refractivity contribution in [1.29, 1.82) is 0 Å². The van der Waals surface area contributed by atoms with E-state index in [2.05, 4.69) is 12.6 Å². The van der Waals surface area contributed by atoms with Gasteiger partial charge in [-0.1, -0.05) is 29.8 Å². The number of hydrogen-bond donors (Lipinski definition) is 1. The molecule has 3 heteroatoms. The van der Waals surface area contributed by atoms with Crippen LogP contribution in [0.2, 0.25) is 0 Å². The van der Waals surface area contributed by atoms with Crippen molar-refractivity contribution in [1.82, 2.24) is 0 Å². The number of thiol groups is 1. The highest BCUT2D eigenvalue weighted by molar-refractivity contribution is 7.80. The first-order chi connectivity index (χ1) is 8.58. The quantitative estimate of drug-likeness (QED) is 0.519. The SMILES string of the molecule is Cc1ccc(C(=O)C(=O)c2ccc(S)cc2)cc1. The van der Waals surface area contributed by atoms with Gasteiger partial charge in [0.05, 0.1) is 0 Å². The van der Waals surface area contributed by atoms with Crippen LogP contribution in [-0.2, 0) is 0 Å². The summed E-state index contributed by atoms with van der Waals surface area (Å²) < 4.78 is 0. The Morgan fingerprint density at radius 2 is 1.17 bits per heavy atom. The van der Waals surface area contributed by atoms with Crippen LogP contribution < -0.4 is 0 Å². The fourth-order valence-electron chi connectivity index (χ4n) is 1.58. The van der Waals surface area contributed by atoms with E-state index in [4.69, 9.17) is 0 Å². The minimum absolute atomic E-state index is 0.387. The molecule has 0 spiro atoms. The Morgan fingerprint density at radius 3 is 1.61 bits per heavy atom. The Kier molecular flexibility index (Phi) is 3.63. The third-order valence-electron chi connectivity index (χ3n) is 2.65. The number of rotatable bonds is 3. The van der Waals surface area contributed by atoms with Gasteiger partial charge in [0, 0.05) is 16.0 Å². The highest BCUT2D eigenvalue weighted by Crippen LogP contribution is 2.12. The van der Waals surface area contributed by atoms with E-state index in [9.17, 15) is 9.59 Å². The molecule has 0 saturated carbocycles. The molecule has 90 valence electrons. The van der Waals surface area contributed by atoms with Gasteiger partial charge in [0.1, 0.15) is 0 Å². The minimum atomic E-state index is -0.493. The van der Waals surface area contributed by atoms with Crippen LogP contribution in [0, 0.1) is 6.92 Å². The van der Waals surface area contributed by atoms with Crippen LogP contribution in [0.15, 0.2) is 53.4 Å². The van der Waals surface area contributed by atoms with Crippen LogP contribution >= 0.6 is 12.6 Å². The second kappa shape index (κ2) is 5.19. The molecule has 0 aliphatic heterocycles. The van der Waals surface area contributed by atoms with Gasteiger partial charge in [-0.05, 0) is 31.2 Å². The van der Waals surface area contributed by atoms with Crippen molar-refractivity contribution >= 4 is 24.2 Å². The summed E-state index contributed by atoms with van der Waals surface area (Å²) in [4.78, 5) is 24.7. The van der Waals surface area contributed by atoms with E-state index >= 15 is 0 Å². The summed E-state index contributed by atoms with van der Waals surface area (Å²) >= 11 is 4.14. The number of aryl methyl sites for hydroxylation is 1. The molecule has 0 N–H and O–H groups in total. The molecule has 2 rings (SSSR count). The lowest BCUT2D eigenvalue weighted by molar-refractivity contribution is 0.0817.